The van der Waals surface area contributed by atoms with Crippen molar-refractivity contribution in [2.75, 3.05) is 0 Å². The molecule has 7 atom stereocenters. The molecule has 5 heteroatoms. The van der Waals surface area contributed by atoms with Crippen LogP contribution < -0.4 is 5.32 Å². The molecule has 0 aromatic heterocycles. The minimum absolute atomic E-state index is 0.0108. The molecule has 0 bridgehead atoms. The quantitative estimate of drug-likeness (QED) is 0.517. The molecule has 166 valence electrons. The van der Waals surface area contributed by atoms with Crippen molar-refractivity contribution < 1.29 is 19.1 Å². The molecule has 2 rings (SSSR count). The Morgan fingerprint density at radius 3 is 2.31 bits per heavy atom. The first kappa shape index (κ1) is 24.0. The number of ketones is 2. The molecule has 2 saturated heterocycles. The molecule has 2 heterocycles. The van der Waals surface area contributed by atoms with Gasteiger partial charge in [0.2, 0.25) is 0 Å². The molecule has 0 saturated carbocycles. The summed E-state index contributed by atoms with van der Waals surface area (Å²) in [6, 6.07) is 0.208. The lowest BCUT2D eigenvalue weighted by molar-refractivity contribution is -0.157. The number of hydrogen-bond acceptors (Lipinski definition) is 5. The predicted molar refractivity (Wildman–Crippen MR) is 114 cm³/mol. The summed E-state index contributed by atoms with van der Waals surface area (Å²) in [4.78, 5) is 38.0. The number of carbonyl (C=O) groups excluding carboxylic acids is 3. The standard InChI is InChI=1S/C24H41NO4/c1-14-10-9-11-24(8)20(25-24)13-19(18(5)26)29-21(27)12-15(2)23(6,7)22(28)17(4)16(14)3/h14-17,19-20,25H,9-13H2,1-8H3/t14-,15-,16-,17+,19-,20-,24+/m0/s1. The van der Waals surface area contributed by atoms with E-state index in [-0.39, 0.29) is 47.4 Å². The molecule has 0 amide bonds. The van der Waals surface area contributed by atoms with Gasteiger partial charge in [0.1, 0.15) is 5.78 Å². The second-order valence-corrected chi connectivity index (χ2v) is 10.6. The fourth-order valence-electron chi connectivity index (χ4n) is 4.76. The minimum atomic E-state index is -0.710. The second kappa shape index (κ2) is 8.87. The van der Waals surface area contributed by atoms with E-state index in [0.29, 0.717) is 18.3 Å². The Hall–Kier alpha value is -1.23. The highest BCUT2D eigenvalue weighted by atomic mass is 16.5. The molecule has 29 heavy (non-hydrogen) atoms. The molecule has 5 nitrogen and oxygen atoms in total. The van der Waals surface area contributed by atoms with Gasteiger partial charge < -0.3 is 10.1 Å². The lowest BCUT2D eigenvalue weighted by Gasteiger charge is -2.36. The van der Waals surface area contributed by atoms with E-state index in [9.17, 15) is 14.4 Å². The second-order valence-electron chi connectivity index (χ2n) is 10.6. The van der Waals surface area contributed by atoms with Gasteiger partial charge in [-0.2, -0.15) is 0 Å². The maximum atomic E-state index is 13.3. The fourth-order valence-corrected chi connectivity index (χ4v) is 4.76. The van der Waals surface area contributed by atoms with Crippen LogP contribution in [0.15, 0.2) is 0 Å². The van der Waals surface area contributed by atoms with E-state index in [0.717, 1.165) is 19.3 Å². The van der Waals surface area contributed by atoms with Crippen molar-refractivity contribution in [2.45, 2.75) is 105 Å². The van der Waals surface area contributed by atoms with Gasteiger partial charge in [0.25, 0.3) is 0 Å². The molecule has 0 aromatic rings. The first-order chi connectivity index (χ1) is 13.3. The number of Topliss-reactive ketones (excluding diaryl/α,β-unsaturated/α-hetero) is 2. The van der Waals surface area contributed by atoms with Gasteiger partial charge >= 0.3 is 5.97 Å². The average molecular weight is 408 g/mol. The minimum Gasteiger partial charge on any atom is -0.454 e. The van der Waals surface area contributed by atoms with Gasteiger partial charge in [-0.05, 0) is 38.0 Å². The van der Waals surface area contributed by atoms with Crippen LogP contribution in [0, 0.1) is 29.1 Å². The normalized spacial score (nSPS) is 41.9. The van der Waals surface area contributed by atoms with E-state index in [1.165, 1.54) is 6.92 Å². The summed E-state index contributed by atoms with van der Waals surface area (Å²) in [6.45, 7) is 15.9. The highest BCUT2D eigenvalue weighted by Crippen LogP contribution is 2.40. The van der Waals surface area contributed by atoms with Crippen molar-refractivity contribution in [1.29, 1.82) is 0 Å². The summed E-state index contributed by atoms with van der Waals surface area (Å²) in [5.41, 5.74) is -0.608. The summed E-state index contributed by atoms with van der Waals surface area (Å²) >= 11 is 0. The van der Waals surface area contributed by atoms with Gasteiger partial charge in [-0.15, -0.1) is 0 Å². The van der Waals surface area contributed by atoms with Crippen LogP contribution in [-0.2, 0) is 19.1 Å². The molecule has 1 N–H and O–H groups in total. The molecule has 0 spiro atoms. The van der Waals surface area contributed by atoms with E-state index in [1.54, 1.807) is 0 Å². The highest BCUT2D eigenvalue weighted by molar-refractivity contribution is 5.87. The number of fused-ring (bicyclic) bond motifs is 1. The third kappa shape index (κ3) is 5.48. The molecular weight excluding hydrogens is 366 g/mol. The number of rotatable bonds is 1. The highest BCUT2D eigenvalue weighted by Gasteiger charge is 2.50. The van der Waals surface area contributed by atoms with E-state index >= 15 is 0 Å². The van der Waals surface area contributed by atoms with Gasteiger partial charge in [-0.3, -0.25) is 14.4 Å². The number of carbonyl (C=O) groups is 3. The van der Waals surface area contributed by atoms with Crippen molar-refractivity contribution in [3.63, 3.8) is 0 Å². The van der Waals surface area contributed by atoms with Gasteiger partial charge in [0.15, 0.2) is 11.9 Å². The van der Waals surface area contributed by atoms with Crippen LogP contribution in [0.4, 0.5) is 0 Å². The van der Waals surface area contributed by atoms with Gasteiger partial charge in [-0.1, -0.05) is 54.4 Å². The zero-order valence-corrected chi connectivity index (χ0v) is 19.6. The van der Waals surface area contributed by atoms with Crippen molar-refractivity contribution in [2.24, 2.45) is 29.1 Å². The summed E-state index contributed by atoms with van der Waals surface area (Å²) in [5, 5.41) is 3.51. The monoisotopic (exact) mass is 407 g/mol. The number of hydrogen-bond donors (Lipinski definition) is 1. The Labute approximate surface area is 176 Å². The van der Waals surface area contributed by atoms with E-state index in [2.05, 4.69) is 26.1 Å². The lowest BCUT2D eigenvalue weighted by Crippen LogP contribution is -2.40. The predicted octanol–water partition coefficient (Wildman–Crippen LogP) is 4.32. The maximum absolute atomic E-state index is 13.3. The largest absolute Gasteiger partial charge is 0.454 e. The molecule has 2 aliphatic rings. The maximum Gasteiger partial charge on any atom is 0.306 e. The molecular formula is C24H41NO4. The average Bonchev–Trinajstić information content (AvgIpc) is 3.27. The van der Waals surface area contributed by atoms with Gasteiger partial charge in [-0.25, -0.2) is 0 Å². The molecule has 0 aromatic carbocycles. The third-order valence-electron chi connectivity index (χ3n) is 8.16. The zero-order valence-electron chi connectivity index (χ0n) is 19.6. The molecule has 0 unspecified atom stereocenters. The van der Waals surface area contributed by atoms with Crippen LogP contribution in [0.1, 0.15) is 87.5 Å². The molecule has 0 radical (unpaired) electrons. The van der Waals surface area contributed by atoms with E-state index in [4.69, 9.17) is 4.74 Å². The fraction of sp³-hybridized carbons (Fsp3) is 0.875. The molecule has 2 fully saturated rings. The zero-order chi connectivity index (χ0) is 22.1. The number of cyclic esters (lactones) is 1. The molecule has 0 aliphatic carbocycles. The van der Waals surface area contributed by atoms with E-state index < -0.39 is 11.5 Å². The Balaban J connectivity index is 2.24. The van der Waals surface area contributed by atoms with Crippen LogP contribution in [0.5, 0.6) is 0 Å². The SMILES string of the molecule is CC(=O)[C@@H]1C[C@@H]2N[C@]2(C)CCC[C@H](C)[C@H](C)[C@@H](C)C(=O)C(C)(C)[C@@H](C)CC(=O)O1. The number of ether oxygens (including phenoxy) is 1. The topological polar surface area (TPSA) is 82.4 Å². The molecule has 2 aliphatic heterocycles. The number of esters is 1. The third-order valence-corrected chi connectivity index (χ3v) is 8.16. The first-order valence-electron chi connectivity index (χ1n) is 11.3. The van der Waals surface area contributed by atoms with Crippen LogP contribution in [-0.4, -0.2) is 35.2 Å². The van der Waals surface area contributed by atoms with E-state index in [1.807, 2.05) is 27.7 Å². The number of nitrogens with one attached hydrogen (secondary N) is 1. The smallest absolute Gasteiger partial charge is 0.306 e. The lowest BCUT2D eigenvalue weighted by atomic mass is 9.67. The van der Waals surface area contributed by atoms with Gasteiger partial charge in [0, 0.05) is 35.8 Å². The van der Waals surface area contributed by atoms with Crippen LogP contribution in [0.2, 0.25) is 0 Å². The summed E-state index contributed by atoms with van der Waals surface area (Å²) in [5.74, 6) is 0.256. The van der Waals surface area contributed by atoms with Crippen molar-refractivity contribution >= 4 is 17.5 Å². The Bertz CT molecular complexity index is 643. The van der Waals surface area contributed by atoms with Crippen molar-refractivity contribution in [3.05, 3.63) is 0 Å². The van der Waals surface area contributed by atoms with Crippen LogP contribution in [0.25, 0.3) is 0 Å². The Morgan fingerprint density at radius 1 is 1.10 bits per heavy atom. The Kier molecular flexibility index (Phi) is 7.35. The summed E-state index contributed by atoms with van der Waals surface area (Å²) < 4.78 is 5.58. The van der Waals surface area contributed by atoms with Crippen molar-refractivity contribution in [1.82, 2.24) is 5.32 Å². The Morgan fingerprint density at radius 2 is 1.72 bits per heavy atom. The van der Waals surface area contributed by atoms with Crippen molar-refractivity contribution in [3.8, 4) is 0 Å². The summed E-state index contributed by atoms with van der Waals surface area (Å²) in [7, 11) is 0. The van der Waals surface area contributed by atoms with Crippen LogP contribution >= 0.6 is 0 Å². The van der Waals surface area contributed by atoms with Gasteiger partial charge in [0.05, 0.1) is 0 Å². The summed E-state index contributed by atoms with van der Waals surface area (Å²) in [6.07, 6.45) is 3.16. The van der Waals surface area contributed by atoms with Crippen LogP contribution in [0.3, 0.4) is 0 Å². The first-order valence-corrected chi connectivity index (χ1v) is 11.3.